The van der Waals surface area contributed by atoms with Gasteiger partial charge in [-0.1, -0.05) is 5.16 Å². The number of imidazole rings is 1. The Morgan fingerprint density at radius 2 is 2.17 bits per heavy atom. The standard InChI is InChI=1S/C21H29N5O3/c1-4-25-8-6-22-19(25)11-23-21(28)17-9-15-5-7-26(12-18(15)17)20(27)10-16-13(2)24-29-14(16)3/h6,8,15,17-18H,4-5,7,9-12H2,1-3H3,(H,23,28)/t15-,17-,18-/m1/s1. The average Bonchev–Trinajstić information content (AvgIpc) is 3.28. The molecule has 2 aromatic heterocycles. The van der Waals surface area contributed by atoms with Gasteiger partial charge in [0.15, 0.2) is 0 Å². The molecule has 1 saturated heterocycles. The number of aryl methyl sites for hydroxylation is 3. The Balaban J connectivity index is 1.32. The van der Waals surface area contributed by atoms with Gasteiger partial charge in [-0.25, -0.2) is 4.98 Å². The van der Waals surface area contributed by atoms with Gasteiger partial charge in [0.2, 0.25) is 11.8 Å². The van der Waals surface area contributed by atoms with E-state index in [-0.39, 0.29) is 23.7 Å². The lowest BCUT2D eigenvalue weighted by atomic mass is 9.61. The number of hydrogen-bond acceptors (Lipinski definition) is 5. The summed E-state index contributed by atoms with van der Waals surface area (Å²) in [6.45, 7) is 8.47. The number of aromatic nitrogens is 3. The summed E-state index contributed by atoms with van der Waals surface area (Å²) >= 11 is 0. The van der Waals surface area contributed by atoms with Gasteiger partial charge in [0.1, 0.15) is 11.6 Å². The Kier molecular flexibility index (Phi) is 5.43. The van der Waals surface area contributed by atoms with Crippen LogP contribution < -0.4 is 5.32 Å². The van der Waals surface area contributed by atoms with Gasteiger partial charge in [-0.3, -0.25) is 9.59 Å². The van der Waals surface area contributed by atoms with Crippen LogP contribution in [-0.4, -0.2) is 44.5 Å². The van der Waals surface area contributed by atoms with Gasteiger partial charge < -0.3 is 19.3 Å². The van der Waals surface area contributed by atoms with Crippen LogP contribution in [-0.2, 0) is 29.1 Å². The molecule has 29 heavy (non-hydrogen) atoms. The molecule has 1 saturated carbocycles. The van der Waals surface area contributed by atoms with E-state index in [9.17, 15) is 9.59 Å². The number of likely N-dealkylation sites (tertiary alicyclic amines) is 1. The quantitative estimate of drug-likeness (QED) is 0.800. The molecule has 0 unspecified atom stereocenters. The van der Waals surface area contributed by atoms with Gasteiger partial charge in [0.25, 0.3) is 0 Å². The molecule has 4 rings (SSSR count). The van der Waals surface area contributed by atoms with E-state index in [1.54, 1.807) is 6.20 Å². The summed E-state index contributed by atoms with van der Waals surface area (Å²) in [5.74, 6) is 2.54. The van der Waals surface area contributed by atoms with Crippen molar-refractivity contribution in [2.24, 2.45) is 17.8 Å². The Labute approximate surface area is 170 Å². The van der Waals surface area contributed by atoms with E-state index in [2.05, 4.69) is 22.4 Å². The third kappa shape index (κ3) is 3.80. The van der Waals surface area contributed by atoms with Crippen LogP contribution in [0.25, 0.3) is 0 Å². The van der Waals surface area contributed by atoms with Crippen LogP contribution in [0.2, 0.25) is 0 Å². The number of amides is 2. The molecular weight excluding hydrogens is 370 g/mol. The van der Waals surface area contributed by atoms with Crippen molar-refractivity contribution >= 4 is 11.8 Å². The summed E-state index contributed by atoms with van der Waals surface area (Å²) in [6, 6.07) is 0. The molecule has 0 aromatic carbocycles. The first-order chi connectivity index (χ1) is 14.0. The Bertz CT molecular complexity index is 883. The fourth-order valence-electron chi connectivity index (χ4n) is 4.72. The summed E-state index contributed by atoms with van der Waals surface area (Å²) in [5, 5.41) is 6.98. The molecule has 2 aliphatic rings. The number of fused-ring (bicyclic) bond motifs is 1. The molecule has 3 atom stereocenters. The zero-order valence-corrected chi connectivity index (χ0v) is 17.4. The Morgan fingerprint density at radius 3 is 2.90 bits per heavy atom. The molecule has 1 N–H and O–H groups in total. The smallest absolute Gasteiger partial charge is 0.227 e. The number of carbonyl (C=O) groups excluding carboxylic acids is 2. The second-order valence-corrected chi connectivity index (χ2v) is 8.22. The minimum Gasteiger partial charge on any atom is -0.361 e. The Hall–Kier alpha value is -2.64. The van der Waals surface area contributed by atoms with Crippen molar-refractivity contribution in [3.63, 3.8) is 0 Å². The van der Waals surface area contributed by atoms with Crippen molar-refractivity contribution < 1.29 is 14.1 Å². The first kappa shape index (κ1) is 19.7. The lowest BCUT2D eigenvalue weighted by molar-refractivity contribution is -0.145. The van der Waals surface area contributed by atoms with E-state index in [1.165, 1.54) is 0 Å². The van der Waals surface area contributed by atoms with Crippen molar-refractivity contribution in [3.05, 3.63) is 35.2 Å². The number of nitrogens with one attached hydrogen (secondary N) is 1. The molecule has 3 heterocycles. The summed E-state index contributed by atoms with van der Waals surface area (Å²) in [6.07, 6.45) is 5.89. The zero-order valence-electron chi connectivity index (χ0n) is 17.4. The third-order valence-electron chi connectivity index (χ3n) is 6.64. The molecule has 0 radical (unpaired) electrons. The number of rotatable bonds is 6. The van der Waals surface area contributed by atoms with Gasteiger partial charge in [-0.15, -0.1) is 0 Å². The molecular formula is C21H29N5O3. The minimum atomic E-state index is -0.0142. The fraction of sp³-hybridized carbons (Fsp3) is 0.619. The second-order valence-electron chi connectivity index (χ2n) is 8.22. The molecule has 8 heteroatoms. The number of hydrogen-bond donors (Lipinski definition) is 1. The molecule has 0 bridgehead atoms. The van der Waals surface area contributed by atoms with Crippen LogP contribution in [0.3, 0.4) is 0 Å². The maximum Gasteiger partial charge on any atom is 0.227 e. The molecule has 156 valence electrons. The zero-order chi connectivity index (χ0) is 20.5. The number of nitrogens with zero attached hydrogens (tertiary/aromatic N) is 4. The topological polar surface area (TPSA) is 93.3 Å². The van der Waals surface area contributed by atoms with E-state index in [0.717, 1.165) is 43.0 Å². The van der Waals surface area contributed by atoms with Crippen LogP contribution in [0, 0.1) is 31.6 Å². The molecule has 2 fully saturated rings. The molecule has 0 spiro atoms. The van der Waals surface area contributed by atoms with Gasteiger partial charge in [-0.05, 0) is 45.4 Å². The third-order valence-corrected chi connectivity index (χ3v) is 6.64. The Morgan fingerprint density at radius 1 is 1.34 bits per heavy atom. The van der Waals surface area contributed by atoms with E-state index in [4.69, 9.17) is 4.52 Å². The summed E-state index contributed by atoms with van der Waals surface area (Å²) in [4.78, 5) is 31.8. The largest absolute Gasteiger partial charge is 0.361 e. The number of piperidine rings is 1. The van der Waals surface area contributed by atoms with Gasteiger partial charge in [0.05, 0.1) is 18.7 Å². The van der Waals surface area contributed by atoms with E-state index >= 15 is 0 Å². The minimum absolute atomic E-state index is 0.0142. The molecule has 1 aliphatic carbocycles. The van der Waals surface area contributed by atoms with Crippen molar-refractivity contribution in [2.45, 2.75) is 53.1 Å². The molecule has 8 nitrogen and oxygen atoms in total. The van der Waals surface area contributed by atoms with Gasteiger partial charge in [-0.2, -0.15) is 0 Å². The van der Waals surface area contributed by atoms with Gasteiger partial charge in [0, 0.05) is 43.5 Å². The van der Waals surface area contributed by atoms with Crippen molar-refractivity contribution in [1.29, 1.82) is 0 Å². The highest BCUT2D eigenvalue weighted by Gasteiger charge is 2.48. The summed E-state index contributed by atoms with van der Waals surface area (Å²) in [5.41, 5.74) is 1.66. The monoisotopic (exact) mass is 399 g/mol. The maximum absolute atomic E-state index is 12.8. The molecule has 2 amide bonds. The highest BCUT2D eigenvalue weighted by atomic mass is 16.5. The van der Waals surface area contributed by atoms with Crippen LogP contribution >= 0.6 is 0 Å². The van der Waals surface area contributed by atoms with E-state index in [0.29, 0.717) is 31.2 Å². The summed E-state index contributed by atoms with van der Waals surface area (Å²) < 4.78 is 7.20. The first-order valence-corrected chi connectivity index (χ1v) is 10.4. The maximum atomic E-state index is 12.8. The van der Waals surface area contributed by atoms with Crippen LogP contribution in [0.15, 0.2) is 16.9 Å². The van der Waals surface area contributed by atoms with E-state index < -0.39 is 0 Å². The SMILES string of the molecule is CCn1ccnc1CNC(=O)[C@@H]1C[C@H]2CCN(C(=O)Cc3c(C)noc3C)C[C@H]21. The molecule has 2 aromatic rings. The summed E-state index contributed by atoms with van der Waals surface area (Å²) in [7, 11) is 0. The second kappa shape index (κ2) is 8.00. The predicted molar refractivity (Wildman–Crippen MR) is 106 cm³/mol. The normalized spacial score (nSPS) is 23.4. The first-order valence-electron chi connectivity index (χ1n) is 10.4. The van der Waals surface area contributed by atoms with Crippen LogP contribution in [0.1, 0.15) is 42.6 Å². The highest BCUT2D eigenvalue weighted by molar-refractivity contribution is 5.81. The van der Waals surface area contributed by atoms with Crippen LogP contribution in [0.4, 0.5) is 0 Å². The van der Waals surface area contributed by atoms with Crippen LogP contribution in [0.5, 0.6) is 0 Å². The lowest BCUT2D eigenvalue weighted by Gasteiger charge is -2.50. The van der Waals surface area contributed by atoms with Crippen molar-refractivity contribution in [3.8, 4) is 0 Å². The molecule has 1 aliphatic heterocycles. The average molecular weight is 399 g/mol. The highest BCUT2D eigenvalue weighted by Crippen LogP contribution is 2.45. The number of carbonyl (C=O) groups is 2. The van der Waals surface area contributed by atoms with Crippen molar-refractivity contribution in [2.75, 3.05) is 13.1 Å². The lowest BCUT2D eigenvalue weighted by Crippen LogP contribution is -2.56. The van der Waals surface area contributed by atoms with E-state index in [1.807, 2.05) is 29.5 Å². The van der Waals surface area contributed by atoms with Gasteiger partial charge >= 0.3 is 0 Å². The van der Waals surface area contributed by atoms with Crippen molar-refractivity contribution in [1.82, 2.24) is 24.9 Å². The fourth-order valence-corrected chi connectivity index (χ4v) is 4.72. The predicted octanol–water partition coefficient (Wildman–Crippen LogP) is 1.85.